The Bertz CT molecular complexity index is 243. The summed E-state index contributed by atoms with van der Waals surface area (Å²) in [5.74, 6) is 1.98. The Morgan fingerprint density at radius 2 is 2.31 bits per heavy atom. The normalized spacial score (nSPS) is 11.1. The van der Waals surface area contributed by atoms with Crippen molar-refractivity contribution in [2.45, 2.75) is 31.8 Å². The van der Waals surface area contributed by atoms with Gasteiger partial charge in [0, 0.05) is 10.6 Å². The van der Waals surface area contributed by atoms with Gasteiger partial charge in [-0.25, -0.2) is 0 Å². The van der Waals surface area contributed by atoms with Crippen molar-refractivity contribution in [3.8, 4) is 0 Å². The van der Waals surface area contributed by atoms with Crippen LogP contribution in [0.4, 0.5) is 0 Å². The van der Waals surface area contributed by atoms with Gasteiger partial charge in [0.25, 0.3) is 0 Å². The lowest BCUT2D eigenvalue weighted by molar-refractivity contribution is 0.0920. The average Bonchev–Trinajstić information content (AvgIpc) is 2.45. The monoisotopic (exact) mass is 200 g/mol. The number of rotatable bonds is 5. The van der Waals surface area contributed by atoms with Crippen molar-refractivity contribution in [1.29, 1.82) is 0 Å². The van der Waals surface area contributed by atoms with E-state index in [1.54, 1.807) is 18.0 Å². The van der Waals surface area contributed by atoms with Crippen molar-refractivity contribution in [3.63, 3.8) is 0 Å². The van der Waals surface area contributed by atoms with Crippen LogP contribution in [0.5, 0.6) is 0 Å². The molecule has 1 aromatic rings. The molecule has 3 heteroatoms. The van der Waals surface area contributed by atoms with Crippen LogP contribution in [0.2, 0.25) is 0 Å². The summed E-state index contributed by atoms with van der Waals surface area (Å²) in [4.78, 5) is 1.22. The summed E-state index contributed by atoms with van der Waals surface area (Å²) in [6, 6.07) is 2.00. The van der Waals surface area contributed by atoms with Crippen LogP contribution < -0.4 is 0 Å². The molecule has 13 heavy (non-hydrogen) atoms. The second kappa shape index (κ2) is 5.35. The molecule has 0 atom stereocenters. The molecule has 0 saturated carbocycles. The summed E-state index contributed by atoms with van der Waals surface area (Å²) < 4.78 is 10.6. The smallest absolute Gasteiger partial charge is 0.114 e. The van der Waals surface area contributed by atoms with Gasteiger partial charge in [-0.15, -0.1) is 11.8 Å². The molecule has 74 valence electrons. The van der Waals surface area contributed by atoms with Gasteiger partial charge in [0.1, 0.15) is 5.76 Å². The molecular weight excluding hydrogens is 184 g/mol. The minimum atomic E-state index is 0.325. The zero-order chi connectivity index (χ0) is 9.68. The third kappa shape index (κ3) is 3.87. The van der Waals surface area contributed by atoms with Crippen LogP contribution in [0, 0.1) is 6.92 Å². The predicted octanol–water partition coefficient (Wildman–Crippen LogP) is 3.11. The number of aryl methyl sites for hydroxylation is 1. The van der Waals surface area contributed by atoms with E-state index in [9.17, 15) is 0 Å². The van der Waals surface area contributed by atoms with Gasteiger partial charge in [-0.1, -0.05) is 0 Å². The summed E-state index contributed by atoms with van der Waals surface area (Å²) in [6.45, 7) is 6.88. The lowest BCUT2D eigenvalue weighted by Crippen LogP contribution is -2.05. The Morgan fingerprint density at radius 1 is 1.54 bits per heavy atom. The van der Waals surface area contributed by atoms with Gasteiger partial charge in [0.05, 0.1) is 19.0 Å². The highest BCUT2D eigenvalue weighted by atomic mass is 32.2. The Morgan fingerprint density at radius 3 is 2.85 bits per heavy atom. The number of hydrogen-bond donors (Lipinski definition) is 0. The van der Waals surface area contributed by atoms with E-state index in [1.165, 1.54) is 4.90 Å². The molecule has 0 aromatic carbocycles. The van der Waals surface area contributed by atoms with Gasteiger partial charge < -0.3 is 9.15 Å². The highest BCUT2D eigenvalue weighted by Gasteiger charge is 2.01. The molecule has 0 N–H and O–H groups in total. The predicted molar refractivity (Wildman–Crippen MR) is 55.3 cm³/mol. The number of thioether (sulfide) groups is 1. The SMILES string of the molecule is Cc1occc1SCCOC(C)C. The van der Waals surface area contributed by atoms with Gasteiger partial charge in [0.2, 0.25) is 0 Å². The maximum Gasteiger partial charge on any atom is 0.114 e. The van der Waals surface area contributed by atoms with Crippen LogP contribution in [0.25, 0.3) is 0 Å². The molecule has 0 aliphatic carbocycles. The van der Waals surface area contributed by atoms with Crippen molar-refractivity contribution in [2.24, 2.45) is 0 Å². The fourth-order valence-electron chi connectivity index (χ4n) is 0.958. The van der Waals surface area contributed by atoms with Gasteiger partial charge in [-0.3, -0.25) is 0 Å². The highest BCUT2D eigenvalue weighted by molar-refractivity contribution is 7.99. The van der Waals surface area contributed by atoms with Crippen LogP contribution in [0.3, 0.4) is 0 Å². The first kappa shape index (κ1) is 10.7. The van der Waals surface area contributed by atoms with Crippen molar-refractivity contribution in [2.75, 3.05) is 12.4 Å². The quantitative estimate of drug-likeness (QED) is 0.538. The maximum absolute atomic E-state index is 5.43. The van der Waals surface area contributed by atoms with Crippen LogP contribution >= 0.6 is 11.8 Å². The van der Waals surface area contributed by atoms with E-state index < -0.39 is 0 Å². The summed E-state index contributed by atoms with van der Waals surface area (Å²) >= 11 is 1.78. The molecule has 1 heterocycles. The standard InChI is InChI=1S/C10H16O2S/c1-8(2)11-6-7-13-10-4-5-12-9(10)3/h4-5,8H,6-7H2,1-3H3. The Hall–Kier alpha value is -0.410. The number of hydrogen-bond acceptors (Lipinski definition) is 3. The summed E-state index contributed by atoms with van der Waals surface area (Å²) in [7, 11) is 0. The lowest BCUT2D eigenvalue weighted by Gasteiger charge is -2.06. The van der Waals surface area contributed by atoms with Gasteiger partial charge in [-0.2, -0.15) is 0 Å². The summed E-state index contributed by atoms with van der Waals surface area (Å²) in [6.07, 6.45) is 2.05. The largest absolute Gasteiger partial charge is 0.468 e. The van der Waals surface area contributed by atoms with Crippen LogP contribution in [0.15, 0.2) is 21.6 Å². The van der Waals surface area contributed by atoms with Crippen molar-refractivity contribution >= 4 is 11.8 Å². The zero-order valence-corrected chi connectivity index (χ0v) is 9.19. The Kier molecular flexibility index (Phi) is 4.39. The third-order valence-electron chi connectivity index (χ3n) is 1.60. The van der Waals surface area contributed by atoms with E-state index >= 15 is 0 Å². The van der Waals surface area contributed by atoms with Crippen molar-refractivity contribution < 1.29 is 9.15 Å². The molecule has 0 fully saturated rings. The molecule has 2 nitrogen and oxygen atoms in total. The summed E-state index contributed by atoms with van der Waals surface area (Å²) in [5.41, 5.74) is 0. The molecule has 0 unspecified atom stereocenters. The van der Waals surface area contributed by atoms with Gasteiger partial charge in [0.15, 0.2) is 0 Å². The molecule has 0 aliphatic heterocycles. The summed E-state index contributed by atoms with van der Waals surface area (Å²) in [5, 5.41) is 0. The fourth-order valence-corrected chi connectivity index (χ4v) is 1.76. The van der Waals surface area contributed by atoms with E-state index in [4.69, 9.17) is 9.15 Å². The second-order valence-electron chi connectivity index (χ2n) is 3.11. The van der Waals surface area contributed by atoms with Crippen LogP contribution in [-0.2, 0) is 4.74 Å². The second-order valence-corrected chi connectivity index (χ2v) is 4.25. The molecule has 0 amide bonds. The number of ether oxygens (including phenoxy) is 1. The lowest BCUT2D eigenvalue weighted by atomic mass is 10.5. The molecule has 0 saturated heterocycles. The van der Waals surface area contributed by atoms with Crippen molar-refractivity contribution in [1.82, 2.24) is 0 Å². The van der Waals surface area contributed by atoms with E-state index in [0.717, 1.165) is 18.1 Å². The van der Waals surface area contributed by atoms with Crippen molar-refractivity contribution in [3.05, 3.63) is 18.1 Å². The zero-order valence-electron chi connectivity index (χ0n) is 8.37. The van der Waals surface area contributed by atoms with E-state index in [2.05, 4.69) is 0 Å². The highest BCUT2D eigenvalue weighted by Crippen LogP contribution is 2.22. The molecule has 0 radical (unpaired) electrons. The first-order chi connectivity index (χ1) is 6.20. The molecule has 0 aliphatic rings. The Balaban J connectivity index is 2.17. The van der Waals surface area contributed by atoms with E-state index in [1.807, 2.05) is 26.8 Å². The van der Waals surface area contributed by atoms with E-state index in [-0.39, 0.29) is 0 Å². The molecule has 0 spiro atoms. The fraction of sp³-hybridized carbons (Fsp3) is 0.600. The first-order valence-electron chi connectivity index (χ1n) is 4.48. The molecule has 1 aromatic heterocycles. The third-order valence-corrected chi connectivity index (χ3v) is 2.71. The Labute approximate surface area is 83.7 Å². The molecular formula is C10H16O2S. The van der Waals surface area contributed by atoms with Crippen LogP contribution in [0.1, 0.15) is 19.6 Å². The van der Waals surface area contributed by atoms with Crippen LogP contribution in [-0.4, -0.2) is 18.5 Å². The minimum Gasteiger partial charge on any atom is -0.468 e. The van der Waals surface area contributed by atoms with Gasteiger partial charge in [-0.05, 0) is 26.8 Å². The molecule has 1 rings (SSSR count). The average molecular weight is 200 g/mol. The van der Waals surface area contributed by atoms with E-state index in [0.29, 0.717) is 6.10 Å². The topological polar surface area (TPSA) is 22.4 Å². The first-order valence-corrected chi connectivity index (χ1v) is 5.47. The molecule has 0 bridgehead atoms. The maximum atomic E-state index is 5.43. The van der Waals surface area contributed by atoms with Gasteiger partial charge >= 0.3 is 0 Å². The minimum absolute atomic E-state index is 0.325. The number of furan rings is 1.